The van der Waals surface area contributed by atoms with Crippen molar-refractivity contribution in [1.82, 2.24) is 9.78 Å². The molecule has 0 radical (unpaired) electrons. The average molecular weight is 330 g/mol. The lowest BCUT2D eigenvalue weighted by molar-refractivity contribution is 0.292. The van der Waals surface area contributed by atoms with Crippen LogP contribution in [0.15, 0.2) is 22.7 Å². The molecule has 1 heterocycles. The van der Waals surface area contributed by atoms with Gasteiger partial charge in [-0.05, 0) is 53.5 Å². The van der Waals surface area contributed by atoms with Crippen LogP contribution >= 0.6 is 27.5 Å². The van der Waals surface area contributed by atoms with Crippen LogP contribution in [0.2, 0.25) is 5.02 Å². The summed E-state index contributed by atoms with van der Waals surface area (Å²) in [6.45, 7) is 4.41. The van der Waals surface area contributed by atoms with Crippen LogP contribution in [-0.2, 0) is 13.7 Å². The van der Waals surface area contributed by atoms with Crippen molar-refractivity contribution in [2.75, 3.05) is 0 Å². The normalized spacial score (nSPS) is 10.7. The van der Waals surface area contributed by atoms with Crippen LogP contribution in [0.1, 0.15) is 17.0 Å². The third-order valence-electron chi connectivity index (χ3n) is 2.76. The number of aromatic nitrogens is 2. The summed E-state index contributed by atoms with van der Waals surface area (Å²) in [5, 5.41) is 5.05. The lowest BCUT2D eigenvalue weighted by Gasteiger charge is -2.10. The fraction of sp³-hybridized carbons (Fsp3) is 0.308. The van der Waals surface area contributed by atoms with Crippen LogP contribution in [0.4, 0.5) is 0 Å². The summed E-state index contributed by atoms with van der Waals surface area (Å²) in [5.41, 5.74) is 3.00. The van der Waals surface area contributed by atoms with E-state index in [9.17, 15) is 0 Å². The van der Waals surface area contributed by atoms with E-state index in [-0.39, 0.29) is 0 Å². The Kier molecular flexibility index (Phi) is 3.97. The number of hydrogen-bond donors (Lipinski definition) is 0. The highest BCUT2D eigenvalue weighted by Crippen LogP contribution is 2.25. The topological polar surface area (TPSA) is 27.1 Å². The summed E-state index contributed by atoms with van der Waals surface area (Å²) >= 11 is 9.43. The average Bonchev–Trinajstić information content (AvgIpc) is 2.53. The van der Waals surface area contributed by atoms with Gasteiger partial charge >= 0.3 is 0 Å². The molecule has 5 heteroatoms. The van der Waals surface area contributed by atoms with Gasteiger partial charge in [-0.2, -0.15) is 5.10 Å². The zero-order chi connectivity index (χ0) is 13.3. The number of hydrogen-bond acceptors (Lipinski definition) is 2. The SMILES string of the molecule is Cc1cc(Cl)ccc1OCc1c(Br)c(C)nn1C. The number of rotatable bonds is 3. The molecule has 2 aromatic rings. The largest absolute Gasteiger partial charge is 0.487 e. The van der Waals surface area contributed by atoms with Crippen molar-refractivity contribution >= 4 is 27.5 Å². The molecule has 0 amide bonds. The minimum atomic E-state index is 0.473. The molecule has 0 unspecified atom stereocenters. The molecule has 0 aliphatic carbocycles. The molecule has 0 N–H and O–H groups in total. The zero-order valence-electron chi connectivity index (χ0n) is 10.5. The van der Waals surface area contributed by atoms with Gasteiger partial charge in [0.05, 0.1) is 15.9 Å². The van der Waals surface area contributed by atoms with Gasteiger partial charge in [0.1, 0.15) is 12.4 Å². The highest BCUT2D eigenvalue weighted by Gasteiger charge is 2.11. The fourth-order valence-electron chi connectivity index (χ4n) is 1.76. The van der Waals surface area contributed by atoms with E-state index in [0.29, 0.717) is 6.61 Å². The van der Waals surface area contributed by atoms with E-state index < -0.39 is 0 Å². The zero-order valence-corrected chi connectivity index (χ0v) is 12.8. The molecular formula is C13H14BrClN2O. The summed E-state index contributed by atoms with van der Waals surface area (Å²) in [5.74, 6) is 0.838. The molecule has 0 atom stereocenters. The maximum atomic E-state index is 5.91. The Morgan fingerprint density at radius 3 is 2.67 bits per heavy atom. The second kappa shape index (κ2) is 5.33. The van der Waals surface area contributed by atoms with Crippen LogP contribution < -0.4 is 4.74 Å². The molecule has 0 saturated carbocycles. The molecule has 0 spiro atoms. The molecule has 0 aliphatic rings. The van der Waals surface area contributed by atoms with Crippen molar-refractivity contribution in [3.63, 3.8) is 0 Å². The standard InChI is InChI=1S/C13H14BrClN2O/c1-8-6-10(15)4-5-12(8)18-7-11-13(14)9(2)16-17(11)3/h4-6H,7H2,1-3H3. The number of benzene rings is 1. The van der Waals surface area contributed by atoms with Gasteiger partial charge in [0.2, 0.25) is 0 Å². The Balaban J connectivity index is 2.16. The van der Waals surface area contributed by atoms with Crippen molar-refractivity contribution < 1.29 is 4.74 Å². The number of nitrogens with zero attached hydrogens (tertiary/aromatic N) is 2. The summed E-state index contributed by atoms with van der Waals surface area (Å²) in [4.78, 5) is 0. The van der Waals surface area contributed by atoms with Crippen LogP contribution in [0.25, 0.3) is 0 Å². The lowest BCUT2D eigenvalue weighted by Crippen LogP contribution is -2.04. The Bertz CT molecular complexity index is 581. The molecular weight excluding hydrogens is 316 g/mol. The molecule has 96 valence electrons. The van der Waals surface area contributed by atoms with Crippen molar-refractivity contribution in [2.45, 2.75) is 20.5 Å². The van der Waals surface area contributed by atoms with Crippen molar-refractivity contribution in [1.29, 1.82) is 0 Å². The highest BCUT2D eigenvalue weighted by atomic mass is 79.9. The fourth-order valence-corrected chi connectivity index (χ4v) is 2.43. The molecule has 0 aliphatic heterocycles. The van der Waals surface area contributed by atoms with Crippen molar-refractivity contribution in [3.05, 3.63) is 44.6 Å². The van der Waals surface area contributed by atoms with Gasteiger partial charge in [0, 0.05) is 12.1 Å². The van der Waals surface area contributed by atoms with Gasteiger partial charge in [0.25, 0.3) is 0 Å². The molecule has 18 heavy (non-hydrogen) atoms. The highest BCUT2D eigenvalue weighted by molar-refractivity contribution is 9.10. The van der Waals surface area contributed by atoms with Crippen LogP contribution in [0.5, 0.6) is 5.75 Å². The molecule has 0 bridgehead atoms. The third kappa shape index (κ3) is 2.70. The van der Waals surface area contributed by atoms with E-state index in [2.05, 4.69) is 21.0 Å². The van der Waals surface area contributed by atoms with Gasteiger partial charge in [0.15, 0.2) is 0 Å². The maximum absolute atomic E-state index is 5.91. The van der Waals surface area contributed by atoms with Crippen LogP contribution in [-0.4, -0.2) is 9.78 Å². The van der Waals surface area contributed by atoms with Gasteiger partial charge in [-0.15, -0.1) is 0 Å². The second-order valence-electron chi connectivity index (χ2n) is 4.17. The summed E-state index contributed by atoms with van der Waals surface area (Å²) in [6, 6.07) is 5.60. The molecule has 1 aromatic carbocycles. The van der Waals surface area contributed by atoms with Gasteiger partial charge < -0.3 is 4.74 Å². The minimum absolute atomic E-state index is 0.473. The van der Waals surface area contributed by atoms with Crippen molar-refractivity contribution in [2.24, 2.45) is 7.05 Å². The number of halogens is 2. The second-order valence-corrected chi connectivity index (χ2v) is 5.40. The van der Waals surface area contributed by atoms with E-state index in [1.807, 2.05) is 43.8 Å². The quantitative estimate of drug-likeness (QED) is 0.850. The first-order valence-corrected chi connectivity index (χ1v) is 6.73. The number of ether oxygens (including phenoxy) is 1. The first-order valence-electron chi connectivity index (χ1n) is 5.56. The van der Waals surface area contributed by atoms with Gasteiger partial charge in [-0.3, -0.25) is 4.68 Å². The van der Waals surface area contributed by atoms with Gasteiger partial charge in [-0.1, -0.05) is 11.6 Å². The number of aryl methyl sites for hydroxylation is 3. The Morgan fingerprint density at radius 1 is 1.39 bits per heavy atom. The predicted octanol–water partition coefficient (Wildman–Crippen LogP) is 4.03. The molecule has 2 rings (SSSR count). The van der Waals surface area contributed by atoms with Crippen LogP contribution in [0, 0.1) is 13.8 Å². The third-order valence-corrected chi connectivity index (χ3v) is 4.03. The summed E-state index contributed by atoms with van der Waals surface area (Å²) < 4.78 is 8.62. The Morgan fingerprint density at radius 2 is 2.11 bits per heavy atom. The first-order chi connectivity index (χ1) is 8.49. The van der Waals surface area contributed by atoms with Crippen LogP contribution in [0.3, 0.4) is 0 Å². The van der Waals surface area contributed by atoms with Gasteiger partial charge in [-0.25, -0.2) is 0 Å². The van der Waals surface area contributed by atoms with E-state index in [0.717, 1.165) is 32.2 Å². The smallest absolute Gasteiger partial charge is 0.131 e. The predicted molar refractivity (Wildman–Crippen MR) is 76.2 cm³/mol. The summed E-state index contributed by atoms with van der Waals surface area (Å²) in [6.07, 6.45) is 0. The Labute approximate surface area is 120 Å². The maximum Gasteiger partial charge on any atom is 0.131 e. The van der Waals surface area contributed by atoms with Crippen molar-refractivity contribution in [3.8, 4) is 5.75 Å². The monoisotopic (exact) mass is 328 g/mol. The van der Waals surface area contributed by atoms with E-state index in [1.54, 1.807) is 0 Å². The van der Waals surface area contributed by atoms with E-state index >= 15 is 0 Å². The van der Waals surface area contributed by atoms with E-state index in [1.165, 1.54) is 0 Å². The first kappa shape index (κ1) is 13.4. The molecule has 3 nitrogen and oxygen atoms in total. The summed E-state index contributed by atoms with van der Waals surface area (Å²) in [7, 11) is 1.91. The molecule has 0 fully saturated rings. The Hall–Kier alpha value is -1.00. The molecule has 1 aromatic heterocycles. The lowest BCUT2D eigenvalue weighted by atomic mass is 10.2. The molecule has 0 saturated heterocycles. The van der Waals surface area contributed by atoms with E-state index in [4.69, 9.17) is 16.3 Å². The minimum Gasteiger partial charge on any atom is -0.487 e.